The van der Waals surface area contributed by atoms with E-state index in [-0.39, 0.29) is 41.9 Å². The summed E-state index contributed by atoms with van der Waals surface area (Å²) in [4.78, 5) is 4.28. The molecule has 0 bridgehead atoms. The summed E-state index contributed by atoms with van der Waals surface area (Å²) < 4.78 is 0. The van der Waals surface area contributed by atoms with Crippen molar-refractivity contribution in [3.8, 4) is 0 Å². The fourth-order valence-corrected chi connectivity index (χ4v) is 2.09. The van der Waals surface area contributed by atoms with Crippen LogP contribution in [0, 0.1) is 13.8 Å². The standard InChI is InChI=1S/C16H21N3.2ClH.Fe/c1-13-6-5-7-14(2)16(13)19-11-10-17-12-15-8-3-4-9-18-15;;;/h3-9,17,19H,10-12H2,1-2H3;2*1H;/q;;;+2/p-2. The van der Waals surface area contributed by atoms with Crippen LogP contribution in [-0.4, -0.2) is 18.1 Å². The second-order valence-electron chi connectivity index (χ2n) is 4.69. The van der Waals surface area contributed by atoms with Crippen molar-refractivity contribution in [1.29, 1.82) is 0 Å². The molecule has 3 nitrogen and oxygen atoms in total. The van der Waals surface area contributed by atoms with Crippen LogP contribution in [-0.2, 0) is 23.6 Å². The molecule has 0 radical (unpaired) electrons. The second-order valence-corrected chi connectivity index (χ2v) is 4.69. The number of nitrogens with zero attached hydrogens (tertiary/aromatic N) is 1. The molecule has 0 unspecified atom stereocenters. The molecule has 2 rings (SSSR count). The van der Waals surface area contributed by atoms with Crippen LogP contribution < -0.4 is 35.4 Å². The van der Waals surface area contributed by atoms with Gasteiger partial charge in [-0.05, 0) is 37.1 Å². The smallest absolute Gasteiger partial charge is 1.00 e. The van der Waals surface area contributed by atoms with Gasteiger partial charge in [-0.15, -0.1) is 0 Å². The van der Waals surface area contributed by atoms with Crippen molar-refractivity contribution in [3.05, 3.63) is 59.4 Å². The average Bonchev–Trinajstić information content (AvgIpc) is 2.42. The Balaban J connectivity index is 0. The third-order valence-corrected chi connectivity index (χ3v) is 3.12. The number of para-hydroxylation sites is 1. The maximum Gasteiger partial charge on any atom is 2.00 e. The fraction of sp³-hybridized carbons (Fsp3) is 0.312. The number of nitrogens with one attached hydrogen (secondary N) is 2. The number of aryl methyl sites for hydroxylation is 2. The van der Waals surface area contributed by atoms with Crippen LogP contribution in [0.4, 0.5) is 5.69 Å². The van der Waals surface area contributed by atoms with Gasteiger partial charge >= 0.3 is 17.1 Å². The molecule has 1 heterocycles. The molecule has 0 aliphatic carbocycles. The zero-order valence-electron chi connectivity index (χ0n) is 12.7. The summed E-state index contributed by atoms with van der Waals surface area (Å²) in [5, 5.41) is 6.87. The molecule has 0 saturated carbocycles. The summed E-state index contributed by atoms with van der Waals surface area (Å²) in [6.07, 6.45) is 1.83. The van der Waals surface area contributed by atoms with Gasteiger partial charge in [0, 0.05) is 31.5 Å². The van der Waals surface area contributed by atoms with E-state index in [1.807, 2.05) is 24.4 Å². The van der Waals surface area contributed by atoms with E-state index in [2.05, 4.69) is 47.7 Å². The molecule has 0 aliphatic heterocycles. The third-order valence-electron chi connectivity index (χ3n) is 3.12. The van der Waals surface area contributed by atoms with Gasteiger partial charge in [0.2, 0.25) is 0 Å². The van der Waals surface area contributed by atoms with Gasteiger partial charge in [-0.25, -0.2) is 0 Å². The summed E-state index contributed by atoms with van der Waals surface area (Å²) in [5.41, 5.74) is 4.92. The van der Waals surface area contributed by atoms with Crippen molar-refractivity contribution in [3.63, 3.8) is 0 Å². The Labute approximate surface area is 156 Å². The number of hydrogen-bond donors (Lipinski definition) is 2. The Morgan fingerprint density at radius 3 is 2.18 bits per heavy atom. The largest absolute Gasteiger partial charge is 2.00 e. The minimum Gasteiger partial charge on any atom is -1.00 e. The van der Waals surface area contributed by atoms with Gasteiger partial charge in [-0.1, -0.05) is 24.3 Å². The predicted octanol–water partition coefficient (Wildman–Crippen LogP) is -3.09. The van der Waals surface area contributed by atoms with E-state index in [1.165, 1.54) is 16.8 Å². The van der Waals surface area contributed by atoms with Crippen molar-refractivity contribution in [2.45, 2.75) is 20.4 Å². The first-order valence-electron chi connectivity index (χ1n) is 6.68. The van der Waals surface area contributed by atoms with Crippen LogP contribution in [0.5, 0.6) is 0 Å². The minimum atomic E-state index is 0. The number of halogens is 2. The van der Waals surface area contributed by atoms with Gasteiger partial charge in [0.05, 0.1) is 5.69 Å². The molecule has 122 valence electrons. The van der Waals surface area contributed by atoms with Crippen LogP contribution in [0.3, 0.4) is 0 Å². The summed E-state index contributed by atoms with van der Waals surface area (Å²) >= 11 is 0. The second kappa shape index (κ2) is 12.7. The monoisotopic (exact) mass is 381 g/mol. The molecule has 2 aromatic rings. The first-order valence-corrected chi connectivity index (χ1v) is 6.68. The number of rotatable bonds is 6. The molecule has 1 aromatic heterocycles. The van der Waals surface area contributed by atoms with E-state index in [0.29, 0.717) is 0 Å². The van der Waals surface area contributed by atoms with Crippen LogP contribution in [0.25, 0.3) is 0 Å². The molecule has 0 atom stereocenters. The Morgan fingerprint density at radius 2 is 1.59 bits per heavy atom. The topological polar surface area (TPSA) is 37.0 Å². The quantitative estimate of drug-likeness (QED) is 0.411. The van der Waals surface area contributed by atoms with E-state index in [1.54, 1.807) is 0 Å². The molecule has 1 aromatic carbocycles. The Morgan fingerprint density at radius 1 is 0.909 bits per heavy atom. The molecule has 0 saturated heterocycles. The fourth-order valence-electron chi connectivity index (χ4n) is 2.09. The SMILES string of the molecule is Cc1cccc(C)c1NCCNCc1ccccn1.[Cl-].[Cl-].[Fe+2]. The predicted molar refractivity (Wildman–Crippen MR) is 80.3 cm³/mol. The number of anilines is 1. The van der Waals surface area contributed by atoms with Gasteiger partial charge in [-0.3, -0.25) is 4.98 Å². The number of hydrogen-bond acceptors (Lipinski definition) is 3. The number of pyridine rings is 1. The van der Waals surface area contributed by atoms with Gasteiger partial charge in [0.1, 0.15) is 0 Å². The van der Waals surface area contributed by atoms with Crippen LogP contribution in [0.2, 0.25) is 0 Å². The summed E-state index contributed by atoms with van der Waals surface area (Å²) in [6.45, 7) is 6.92. The maximum absolute atomic E-state index is 4.28. The van der Waals surface area contributed by atoms with Gasteiger partial charge in [0.25, 0.3) is 0 Å². The molecule has 2 N–H and O–H groups in total. The number of benzene rings is 1. The Bertz CT molecular complexity index is 504. The maximum atomic E-state index is 4.28. The van der Waals surface area contributed by atoms with E-state index in [4.69, 9.17) is 0 Å². The van der Waals surface area contributed by atoms with Crippen molar-refractivity contribution in [2.24, 2.45) is 0 Å². The van der Waals surface area contributed by atoms with Crippen molar-refractivity contribution in [2.75, 3.05) is 18.4 Å². The first kappa shape index (κ1) is 23.5. The Hall–Kier alpha value is -0.771. The summed E-state index contributed by atoms with van der Waals surface area (Å²) in [6, 6.07) is 12.3. The normalized spacial score (nSPS) is 9.00. The molecule has 6 heteroatoms. The number of aromatic nitrogens is 1. The van der Waals surface area contributed by atoms with E-state index >= 15 is 0 Å². The average molecular weight is 382 g/mol. The van der Waals surface area contributed by atoms with Crippen molar-refractivity contribution < 1.29 is 41.9 Å². The summed E-state index contributed by atoms with van der Waals surface area (Å²) in [7, 11) is 0. The summed E-state index contributed by atoms with van der Waals surface area (Å²) in [5.74, 6) is 0. The van der Waals surface area contributed by atoms with Gasteiger partial charge in [-0.2, -0.15) is 0 Å². The van der Waals surface area contributed by atoms with E-state index < -0.39 is 0 Å². The molecule has 0 amide bonds. The zero-order valence-corrected chi connectivity index (χ0v) is 15.3. The van der Waals surface area contributed by atoms with Crippen LogP contribution in [0.15, 0.2) is 42.6 Å². The Kier molecular flexibility index (Phi) is 13.6. The zero-order chi connectivity index (χ0) is 13.5. The molecular formula is C16H21Cl2FeN3. The molecule has 0 spiro atoms. The van der Waals surface area contributed by atoms with E-state index in [9.17, 15) is 0 Å². The first-order chi connectivity index (χ1) is 9.27. The van der Waals surface area contributed by atoms with Crippen LogP contribution >= 0.6 is 0 Å². The van der Waals surface area contributed by atoms with Gasteiger partial charge in [0.15, 0.2) is 0 Å². The van der Waals surface area contributed by atoms with Crippen LogP contribution in [0.1, 0.15) is 16.8 Å². The third kappa shape index (κ3) is 7.48. The molecule has 0 fully saturated rings. The molecular weight excluding hydrogens is 361 g/mol. The van der Waals surface area contributed by atoms with Crippen molar-refractivity contribution in [1.82, 2.24) is 10.3 Å². The molecule has 0 aliphatic rings. The molecule has 22 heavy (non-hydrogen) atoms. The van der Waals surface area contributed by atoms with E-state index in [0.717, 1.165) is 25.3 Å². The minimum absolute atomic E-state index is 0. The van der Waals surface area contributed by atoms with Crippen molar-refractivity contribution >= 4 is 5.69 Å². The van der Waals surface area contributed by atoms with Gasteiger partial charge < -0.3 is 35.4 Å².